The van der Waals surface area contributed by atoms with Crippen LogP contribution in [0.3, 0.4) is 0 Å². The fraction of sp³-hybridized carbons (Fsp3) is 0.706. The van der Waals surface area contributed by atoms with Crippen LogP contribution < -0.4 is 10.2 Å². The van der Waals surface area contributed by atoms with Gasteiger partial charge < -0.3 is 15.1 Å². The van der Waals surface area contributed by atoms with Gasteiger partial charge >= 0.3 is 0 Å². The quantitative estimate of drug-likeness (QED) is 0.854. The van der Waals surface area contributed by atoms with Gasteiger partial charge in [-0.1, -0.05) is 0 Å². The number of rotatable bonds is 3. The van der Waals surface area contributed by atoms with E-state index in [0.29, 0.717) is 11.7 Å². The van der Waals surface area contributed by atoms with E-state index >= 15 is 0 Å². The third kappa shape index (κ3) is 3.23. The van der Waals surface area contributed by atoms with Crippen molar-refractivity contribution in [1.29, 1.82) is 0 Å². The predicted molar refractivity (Wildman–Crippen MR) is 92.2 cm³/mol. The van der Waals surface area contributed by atoms with Crippen LogP contribution in [0, 0.1) is 0 Å². The lowest BCUT2D eigenvalue weighted by atomic mass is 10.2. The summed E-state index contributed by atoms with van der Waals surface area (Å²) < 4.78 is 0. The maximum absolute atomic E-state index is 12.7. The standard InChI is InChI=1S/C17H26N6O/c24-17(15-3-4-16(20-19-15)22-8-1-2-9-22)23-10-5-14(13-23)21-11-6-18-7-12-21/h3-4,14,18H,1-2,5-13H2. The lowest BCUT2D eigenvalue weighted by Gasteiger charge is -2.32. The molecule has 0 aromatic carbocycles. The van der Waals surface area contributed by atoms with Crippen molar-refractivity contribution in [1.82, 2.24) is 25.3 Å². The number of amides is 1. The Morgan fingerprint density at radius 2 is 1.83 bits per heavy atom. The predicted octanol–water partition coefficient (Wildman–Crippen LogP) is 0.197. The summed E-state index contributed by atoms with van der Waals surface area (Å²) in [7, 11) is 0. The lowest BCUT2D eigenvalue weighted by molar-refractivity contribution is 0.0766. The molecule has 3 aliphatic rings. The Morgan fingerprint density at radius 3 is 2.54 bits per heavy atom. The second-order valence-corrected chi connectivity index (χ2v) is 6.95. The maximum Gasteiger partial charge on any atom is 0.274 e. The number of carbonyl (C=O) groups is 1. The Bertz CT molecular complexity index is 565. The molecule has 3 aliphatic heterocycles. The van der Waals surface area contributed by atoms with Gasteiger partial charge in [-0.25, -0.2) is 0 Å². The molecule has 1 aromatic rings. The van der Waals surface area contributed by atoms with Crippen LogP contribution in [0.15, 0.2) is 12.1 Å². The molecule has 4 rings (SSSR count). The number of likely N-dealkylation sites (tertiary alicyclic amines) is 1. The highest BCUT2D eigenvalue weighted by Crippen LogP contribution is 2.20. The Hall–Kier alpha value is -1.73. The van der Waals surface area contributed by atoms with E-state index in [-0.39, 0.29) is 5.91 Å². The first-order valence-corrected chi connectivity index (χ1v) is 9.14. The molecule has 24 heavy (non-hydrogen) atoms. The highest BCUT2D eigenvalue weighted by Gasteiger charge is 2.32. The molecule has 1 aromatic heterocycles. The van der Waals surface area contributed by atoms with E-state index in [4.69, 9.17) is 0 Å². The molecule has 1 unspecified atom stereocenters. The van der Waals surface area contributed by atoms with Crippen LogP contribution in [0.1, 0.15) is 29.8 Å². The zero-order valence-electron chi connectivity index (χ0n) is 14.2. The summed E-state index contributed by atoms with van der Waals surface area (Å²) in [5.41, 5.74) is 0.471. The van der Waals surface area contributed by atoms with Gasteiger partial charge in [0.05, 0.1) is 0 Å². The van der Waals surface area contributed by atoms with E-state index < -0.39 is 0 Å². The van der Waals surface area contributed by atoms with Crippen molar-refractivity contribution in [3.05, 3.63) is 17.8 Å². The van der Waals surface area contributed by atoms with Gasteiger partial charge in [0.25, 0.3) is 5.91 Å². The molecule has 1 N–H and O–H groups in total. The molecule has 130 valence electrons. The Labute approximate surface area is 143 Å². The largest absolute Gasteiger partial charge is 0.355 e. The number of anilines is 1. The normalized spacial score (nSPS) is 25.4. The van der Waals surface area contributed by atoms with Gasteiger partial charge in [0.2, 0.25) is 0 Å². The van der Waals surface area contributed by atoms with Gasteiger partial charge in [0.15, 0.2) is 11.5 Å². The molecule has 0 saturated carbocycles. The zero-order valence-corrected chi connectivity index (χ0v) is 14.2. The number of piperazine rings is 1. The molecule has 4 heterocycles. The SMILES string of the molecule is O=C(c1ccc(N2CCCC2)nn1)N1CCC(N2CCNCC2)C1. The molecule has 0 spiro atoms. The van der Waals surface area contributed by atoms with Crippen molar-refractivity contribution in [2.75, 3.05) is 57.3 Å². The van der Waals surface area contributed by atoms with E-state index in [1.54, 1.807) is 0 Å². The molecule has 1 atom stereocenters. The van der Waals surface area contributed by atoms with Crippen LogP contribution in [0.2, 0.25) is 0 Å². The molecule has 3 fully saturated rings. The minimum Gasteiger partial charge on any atom is -0.355 e. The number of carbonyl (C=O) groups excluding carboxylic acids is 1. The monoisotopic (exact) mass is 330 g/mol. The number of hydrogen-bond donors (Lipinski definition) is 1. The minimum absolute atomic E-state index is 0.0214. The fourth-order valence-electron chi connectivity index (χ4n) is 3.99. The first kappa shape index (κ1) is 15.8. The van der Waals surface area contributed by atoms with E-state index in [0.717, 1.165) is 64.6 Å². The number of nitrogens with zero attached hydrogens (tertiary/aromatic N) is 5. The summed E-state index contributed by atoms with van der Waals surface area (Å²) in [5.74, 6) is 0.914. The number of hydrogen-bond acceptors (Lipinski definition) is 6. The molecule has 7 heteroatoms. The van der Waals surface area contributed by atoms with Crippen molar-refractivity contribution in [3.63, 3.8) is 0 Å². The van der Waals surface area contributed by atoms with E-state index in [1.807, 2.05) is 17.0 Å². The van der Waals surface area contributed by atoms with Crippen LogP contribution in [-0.4, -0.2) is 84.3 Å². The number of aromatic nitrogens is 2. The maximum atomic E-state index is 12.7. The van der Waals surface area contributed by atoms with Crippen molar-refractivity contribution in [2.45, 2.75) is 25.3 Å². The minimum atomic E-state index is 0.0214. The van der Waals surface area contributed by atoms with Crippen LogP contribution in [0.25, 0.3) is 0 Å². The van der Waals surface area contributed by atoms with Crippen LogP contribution >= 0.6 is 0 Å². The van der Waals surface area contributed by atoms with Gasteiger partial charge in [-0.05, 0) is 31.4 Å². The Morgan fingerprint density at radius 1 is 1.04 bits per heavy atom. The van der Waals surface area contributed by atoms with Gasteiger partial charge in [-0.15, -0.1) is 10.2 Å². The first-order chi connectivity index (χ1) is 11.8. The first-order valence-electron chi connectivity index (χ1n) is 9.14. The summed E-state index contributed by atoms with van der Waals surface area (Å²) in [5, 5.41) is 11.9. The van der Waals surface area contributed by atoms with Crippen molar-refractivity contribution in [3.8, 4) is 0 Å². The third-order valence-corrected chi connectivity index (χ3v) is 5.42. The molecule has 1 amide bonds. The average molecular weight is 330 g/mol. The summed E-state index contributed by atoms with van der Waals surface area (Å²) in [6.45, 7) is 7.98. The number of nitrogens with one attached hydrogen (secondary N) is 1. The molecule has 0 bridgehead atoms. The van der Waals surface area contributed by atoms with Crippen LogP contribution in [0.4, 0.5) is 5.82 Å². The van der Waals surface area contributed by atoms with Gasteiger partial charge in [0, 0.05) is 58.4 Å². The highest BCUT2D eigenvalue weighted by atomic mass is 16.2. The summed E-state index contributed by atoms with van der Waals surface area (Å²) in [4.78, 5) is 19.4. The van der Waals surface area contributed by atoms with Crippen molar-refractivity contribution in [2.24, 2.45) is 0 Å². The van der Waals surface area contributed by atoms with Crippen molar-refractivity contribution >= 4 is 11.7 Å². The molecular weight excluding hydrogens is 304 g/mol. The third-order valence-electron chi connectivity index (χ3n) is 5.42. The topological polar surface area (TPSA) is 64.6 Å². The molecule has 3 saturated heterocycles. The highest BCUT2D eigenvalue weighted by molar-refractivity contribution is 5.92. The van der Waals surface area contributed by atoms with Gasteiger partial charge in [-0.3, -0.25) is 9.69 Å². The van der Waals surface area contributed by atoms with Crippen LogP contribution in [0.5, 0.6) is 0 Å². The summed E-state index contributed by atoms with van der Waals surface area (Å²) in [6, 6.07) is 4.27. The zero-order chi connectivity index (χ0) is 16.4. The summed E-state index contributed by atoms with van der Waals surface area (Å²) in [6.07, 6.45) is 3.48. The summed E-state index contributed by atoms with van der Waals surface area (Å²) >= 11 is 0. The van der Waals surface area contributed by atoms with E-state index in [2.05, 4.69) is 25.3 Å². The van der Waals surface area contributed by atoms with Gasteiger partial charge in [0.1, 0.15) is 0 Å². The smallest absolute Gasteiger partial charge is 0.274 e. The second-order valence-electron chi connectivity index (χ2n) is 6.95. The molecule has 7 nitrogen and oxygen atoms in total. The Balaban J connectivity index is 1.37. The van der Waals surface area contributed by atoms with E-state index in [9.17, 15) is 4.79 Å². The van der Waals surface area contributed by atoms with E-state index in [1.165, 1.54) is 12.8 Å². The fourth-order valence-corrected chi connectivity index (χ4v) is 3.99. The van der Waals surface area contributed by atoms with Crippen molar-refractivity contribution < 1.29 is 4.79 Å². The molecule has 0 aliphatic carbocycles. The van der Waals surface area contributed by atoms with Crippen LogP contribution in [-0.2, 0) is 0 Å². The molecular formula is C17H26N6O. The average Bonchev–Trinajstić information content (AvgIpc) is 3.34. The lowest BCUT2D eigenvalue weighted by Crippen LogP contribution is -2.49. The molecule has 0 radical (unpaired) electrons. The second kappa shape index (κ2) is 7.03. The van der Waals surface area contributed by atoms with Gasteiger partial charge in [-0.2, -0.15) is 0 Å². The Kier molecular flexibility index (Phi) is 4.62.